The highest BCUT2D eigenvalue weighted by Gasteiger charge is 2.38. The van der Waals surface area contributed by atoms with Crippen LogP contribution >= 0.6 is 15.9 Å². The molecule has 1 saturated heterocycles. The number of carbonyl (C=O) groups is 2. The van der Waals surface area contributed by atoms with Gasteiger partial charge >= 0.3 is 11.9 Å². The van der Waals surface area contributed by atoms with E-state index in [1.165, 1.54) is 20.0 Å². The second kappa shape index (κ2) is 6.00. The molecule has 0 saturated carbocycles. The van der Waals surface area contributed by atoms with Crippen LogP contribution in [0.15, 0.2) is 28.4 Å². The Hall–Kier alpha value is -2.02. The van der Waals surface area contributed by atoms with E-state index in [-0.39, 0.29) is 5.57 Å². The van der Waals surface area contributed by atoms with Crippen LogP contribution in [0.1, 0.15) is 19.4 Å². The van der Waals surface area contributed by atoms with Crippen LogP contribution < -0.4 is 10.1 Å². The van der Waals surface area contributed by atoms with E-state index in [1.807, 2.05) is 13.0 Å². The van der Waals surface area contributed by atoms with Crippen LogP contribution in [0.25, 0.3) is 0 Å². The van der Waals surface area contributed by atoms with Crippen molar-refractivity contribution in [1.29, 1.82) is 0 Å². The van der Waals surface area contributed by atoms with Crippen LogP contribution in [0.2, 0.25) is 0 Å². The minimum Gasteiger partial charge on any atom is -0.494 e. The Morgan fingerprint density at radius 3 is 2.36 bits per heavy atom. The summed E-state index contributed by atoms with van der Waals surface area (Å²) >= 11 is 3.41. The summed E-state index contributed by atoms with van der Waals surface area (Å²) in [6.07, 6.45) is 1.26. The first kappa shape index (κ1) is 16.4. The molecular weight excluding hydrogens is 354 g/mol. The normalized spacial score (nSPS) is 16.7. The molecule has 22 heavy (non-hydrogen) atoms. The Balaban J connectivity index is 2.27. The van der Waals surface area contributed by atoms with Crippen molar-refractivity contribution < 1.29 is 23.8 Å². The van der Waals surface area contributed by atoms with Crippen molar-refractivity contribution in [1.82, 2.24) is 0 Å². The molecule has 1 aliphatic rings. The maximum Gasteiger partial charge on any atom is 0.350 e. The van der Waals surface area contributed by atoms with Gasteiger partial charge in [-0.15, -0.1) is 0 Å². The van der Waals surface area contributed by atoms with Crippen molar-refractivity contribution in [2.24, 2.45) is 0 Å². The summed E-state index contributed by atoms with van der Waals surface area (Å²) in [5, 5.41) is 2.88. The van der Waals surface area contributed by atoms with Crippen LogP contribution in [0.4, 0.5) is 5.69 Å². The van der Waals surface area contributed by atoms with E-state index >= 15 is 0 Å². The molecule has 2 rings (SSSR count). The van der Waals surface area contributed by atoms with Crippen molar-refractivity contribution in [2.45, 2.75) is 26.6 Å². The van der Waals surface area contributed by atoms with Crippen LogP contribution in [-0.4, -0.2) is 24.8 Å². The number of rotatable bonds is 3. The Bertz CT molecular complexity index is 644. The van der Waals surface area contributed by atoms with Gasteiger partial charge in [-0.2, -0.15) is 0 Å². The first-order valence-electron chi connectivity index (χ1n) is 6.51. The molecule has 0 bridgehead atoms. The summed E-state index contributed by atoms with van der Waals surface area (Å²) in [6, 6.07) is 3.59. The van der Waals surface area contributed by atoms with Crippen molar-refractivity contribution >= 4 is 33.6 Å². The summed E-state index contributed by atoms with van der Waals surface area (Å²) in [6.45, 7) is 4.87. The molecule has 1 N–H and O–H groups in total. The molecule has 1 fully saturated rings. The third kappa shape index (κ3) is 3.24. The molecular formula is C15H16BrNO5. The van der Waals surface area contributed by atoms with Gasteiger partial charge in [-0.1, -0.05) is 15.9 Å². The molecule has 6 nitrogen and oxygen atoms in total. The maximum atomic E-state index is 11.8. The number of esters is 2. The fraction of sp³-hybridized carbons (Fsp3) is 0.333. The number of nitrogens with one attached hydrogen (secondary N) is 1. The van der Waals surface area contributed by atoms with Crippen LogP contribution in [0.5, 0.6) is 5.75 Å². The van der Waals surface area contributed by atoms with Crippen molar-refractivity contribution in [3.8, 4) is 5.75 Å². The summed E-state index contributed by atoms with van der Waals surface area (Å²) < 4.78 is 16.3. The number of halogens is 1. The predicted octanol–water partition coefficient (Wildman–Crippen LogP) is 2.90. The molecule has 118 valence electrons. The zero-order valence-corrected chi connectivity index (χ0v) is 14.2. The number of ether oxygens (including phenoxy) is 3. The van der Waals surface area contributed by atoms with Gasteiger partial charge in [-0.3, -0.25) is 0 Å². The lowest BCUT2D eigenvalue weighted by Crippen LogP contribution is -2.42. The number of cyclic esters (lactones) is 2. The lowest BCUT2D eigenvalue weighted by Gasteiger charge is -2.29. The SMILES string of the molecule is COc1c(NC=C2C(=O)OC(C)(C)OC2=O)ccc(Br)c1C. The van der Waals surface area contributed by atoms with Gasteiger partial charge in [0, 0.05) is 30.1 Å². The van der Waals surface area contributed by atoms with Crippen LogP contribution in [0, 0.1) is 6.92 Å². The van der Waals surface area contributed by atoms with Gasteiger partial charge in [-0.25, -0.2) is 9.59 Å². The first-order valence-corrected chi connectivity index (χ1v) is 7.31. The quantitative estimate of drug-likeness (QED) is 0.501. The molecule has 1 heterocycles. The molecule has 0 radical (unpaired) electrons. The number of hydrogen-bond donors (Lipinski definition) is 1. The molecule has 0 atom stereocenters. The molecule has 0 unspecified atom stereocenters. The van der Waals surface area contributed by atoms with Crippen LogP contribution in [-0.2, 0) is 19.1 Å². The Kier molecular flexibility index (Phi) is 4.46. The largest absolute Gasteiger partial charge is 0.494 e. The maximum absolute atomic E-state index is 11.8. The number of anilines is 1. The predicted molar refractivity (Wildman–Crippen MR) is 83.4 cm³/mol. The van der Waals surface area contributed by atoms with E-state index in [4.69, 9.17) is 14.2 Å². The molecule has 1 aromatic carbocycles. The molecule has 7 heteroatoms. The first-order chi connectivity index (χ1) is 10.2. The van der Waals surface area contributed by atoms with Crippen LogP contribution in [0.3, 0.4) is 0 Å². The van der Waals surface area contributed by atoms with Gasteiger partial charge in [0.05, 0.1) is 12.8 Å². The van der Waals surface area contributed by atoms with Crippen molar-refractivity contribution in [3.63, 3.8) is 0 Å². The molecule has 0 aromatic heterocycles. The minimum absolute atomic E-state index is 0.207. The molecule has 0 amide bonds. The van der Waals surface area contributed by atoms with E-state index < -0.39 is 17.7 Å². The highest BCUT2D eigenvalue weighted by molar-refractivity contribution is 9.10. The number of hydrogen-bond acceptors (Lipinski definition) is 6. The third-order valence-electron chi connectivity index (χ3n) is 3.03. The van der Waals surface area contributed by atoms with Crippen molar-refractivity contribution in [2.75, 3.05) is 12.4 Å². The summed E-state index contributed by atoms with van der Waals surface area (Å²) in [5.41, 5.74) is 1.30. The average molecular weight is 370 g/mol. The van der Waals surface area contributed by atoms with E-state index in [1.54, 1.807) is 13.2 Å². The zero-order valence-electron chi connectivity index (χ0n) is 12.7. The topological polar surface area (TPSA) is 73.9 Å². The lowest BCUT2D eigenvalue weighted by atomic mass is 10.2. The van der Waals surface area contributed by atoms with Gasteiger partial charge in [0.15, 0.2) is 5.57 Å². The second-order valence-corrected chi connectivity index (χ2v) is 5.99. The smallest absolute Gasteiger partial charge is 0.350 e. The fourth-order valence-electron chi connectivity index (χ4n) is 1.97. The lowest BCUT2D eigenvalue weighted by molar-refractivity contribution is -0.222. The highest BCUT2D eigenvalue weighted by Crippen LogP contribution is 2.34. The molecule has 0 aliphatic carbocycles. The average Bonchev–Trinajstić information content (AvgIpc) is 2.40. The van der Waals surface area contributed by atoms with Gasteiger partial charge in [0.1, 0.15) is 5.75 Å². The molecule has 0 spiro atoms. The summed E-state index contributed by atoms with van der Waals surface area (Å²) in [5.74, 6) is -2.12. The minimum atomic E-state index is -1.25. The third-order valence-corrected chi connectivity index (χ3v) is 3.89. The summed E-state index contributed by atoms with van der Waals surface area (Å²) in [4.78, 5) is 23.7. The van der Waals surface area contributed by atoms with Crippen molar-refractivity contribution in [3.05, 3.63) is 33.9 Å². The standard InChI is InChI=1S/C15H16BrNO5/c1-8-10(16)5-6-11(12(8)20-4)17-7-9-13(18)21-15(2,3)22-14(9)19/h5-7,17H,1-4H3. The molecule has 1 aliphatic heterocycles. The van der Waals surface area contributed by atoms with E-state index in [0.717, 1.165) is 10.0 Å². The highest BCUT2D eigenvalue weighted by atomic mass is 79.9. The van der Waals surface area contributed by atoms with E-state index in [0.29, 0.717) is 11.4 Å². The van der Waals surface area contributed by atoms with E-state index in [9.17, 15) is 9.59 Å². The van der Waals surface area contributed by atoms with Gasteiger partial charge in [0.25, 0.3) is 5.79 Å². The Morgan fingerprint density at radius 2 is 1.82 bits per heavy atom. The number of carbonyl (C=O) groups excluding carboxylic acids is 2. The monoisotopic (exact) mass is 369 g/mol. The van der Waals surface area contributed by atoms with Gasteiger partial charge in [0.2, 0.25) is 0 Å². The summed E-state index contributed by atoms with van der Waals surface area (Å²) in [7, 11) is 1.54. The number of methoxy groups -OCH3 is 1. The van der Waals surface area contributed by atoms with Gasteiger partial charge < -0.3 is 19.5 Å². The second-order valence-electron chi connectivity index (χ2n) is 5.13. The van der Waals surface area contributed by atoms with Gasteiger partial charge in [-0.05, 0) is 19.1 Å². The van der Waals surface area contributed by atoms with E-state index in [2.05, 4.69) is 21.2 Å². The Morgan fingerprint density at radius 1 is 1.23 bits per heavy atom. The zero-order chi connectivity index (χ0) is 16.5. The number of benzene rings is 1. The molecule has 1 aromatic rings. The Labute approximate surface area is 136 Å². The fourth-order valence-corrected chi connectivity index (χ4v) is 2.28.